The van der Waals surface area contributed by atoms with Gasteiger partial charge in [0.05, 0.1) is 0 Å². The highest BCUT2D eigenvalue weighted by atomic mass is 28.2. The first kappa shape index (κ1) is 20.7. The monoisotopic (exact) mass is 288 g/mol. The Bertz CT molecular complexity index is 165. The molecule has 0 aliphatic rings. The van der Waals surface area contributed by atoms with Crippen molar-refractivity contribution in [3.8, 4) is 0 Å². The first-order valence-corrected chi connectivity index (χ1v) is 10.2. The molecule has 0 aromatic rings. The summed E-state index contributed by atoms with van der Waals surface area (Å²) in [6, 6.07) is 0. The largest absolute Gasteiger partial charge is 0.0631 e. The average Bonchev–Trinajstić information content (AvgIpc) is 1.64. The first-order chi connectivity index (χ1) is 7.41. The van der Waals surface area contributed by atoms with Crippen LogP contribution in [-0.4, -0.2) is 19.0 Å². The number of hydrogen-bond donors (Lipinski definition) is 0. The lowest BCUT2D eigenvalue weighted by molar-refractivity contribution is 0.667. The fourth-order valence-electron chi connectivity index (χ4n) is 3.18. The Morgan fingerprint density at radius 3 is 0.444 bits per heavy atom. The van der Waals surface area contributed by atoms with Crippen LogP contribution in [-0.2, 0) is 0 Å². The molecule has 112 valence electrons. The Morgan fingerprint density at radius 1 is 0.333 bits per heavy atom. The fraction of sp³-hybridized carbons (Fsp3) is 1.00. The van der Waals surface area contributed by atoms with Crippen LogP contribution < -0.4 is 0 Å². The van der Waals surface area contributed by atoms with Gasteiger partial charge in [-0.05, 0) is 20.2 Å². The summed E-state index contributed by atoms with van der Waals surface area (Å²) < 4.78 is 0. The molecule has 0 spiro atoms. The highest BCUT2D eigenvalue weighted by Gasteiger charge is 2.21. The Morgan fingerprint density at radius 2 is 0.444 bits per heavy atom. The van der Waals surface area contributed by atoms with E-state index >= 15 is 0 Å². The van der Waals surface area contributed by atoms with Gasteiger partial charge in [-0.15, -0.1) is 0 Å². The summed E-state index contributed by atoms with van der Waals surface area (Å²) in [6.07, 6.45) is 0. The third kappa shape index (κ3) is 25.3. The second kappa shape index (κ2) is 6.74. The van der Waals surface area contributed by atoms with Crippen molar-refractivity contribution in [3.63, 3.8) is 0 Å². The number of rotatable bonds is 0. The van der Waals surface area contributed by atoms with E-state index in [0.29, 0.717) is 20.2 Å². The molecule has 0 amide bonds. The zero-order valence-corrected chi connectivity index (χ0v) is 18.2. The quantitative estimate of drug-likeness (QED) is 0.539. The van der Waals surface area contributed by atoms with Gasteiger partial charge in [0.1, 0.15) is 0 Å². The van der Waals surface area contributed by atoms with Crippen molar-refractivity contribution in [1.82, 2.24) is 0 Å². The first-order valence-electron chi connectivity index (χ1n) is 7.41. The van der Waals surface area contributed by atoms with Gasteiger partial charge < -0.3 is 0 Å². The molecular formula is C16H40Si2. The molecule has 0 atom stereocenters. The topological polar surface area (TPSA) is 0 Å². The van der Waals surface area contributed by atoms with E-state index in [-0.39, 0.29) is 19.0 Å². The predicted molar refractivity (Wildman–Crippen MR) is 95.9 cm³/mol. The van der Waals surface area contributed by atoms with Gasteiger partial charge in [-0.1, -0.05) is 83.1 Å². The minimum Gasteiger partial charge on any atom is -0.0631 e. The standard InChI is InChI=1S/2C8H20Si/c2*1-7(2,3)9-8(4,5)6/h2*9H2,1-6H3. The van der Waals surface area contributed by atoms with Crippen LogP contribution in [0.15, 0.2) is 0 Å². The normalized spacial score (nSPS) is 14.0. The molecule has 0 rings (SSSR count). The molecule has 0 saturated heterocycles. The Balaban J connectivity index is 0. The van der Waals surface area contributed by atoms with E-state index in [2.05, 4.69) is 83.1 Å². The van der Waals surface area contributed by atoms with Gasteiger partial charge in [0.25, 0.3) is 0 Å². The highest BCUT2D eigenvalue weighted by Crippen LogP contribution is 2.34. The van der Waals surface area contributed by atoms with Crippen molar-refractivity contribution in [2.45, 2.75) is 103 Å². The van der Waals surface area contributed by atoms with Gasteiger partial charge in [-0.2, -0.15) is 0 Å². The van der Waals surface area contributed by atoms with Crippen LogP contribution in [0.1, 0.15) is 83.1 Å². The van der Waals surface area contributed by atoms with E-state index in [9.17, 15) is 0 Å². The second-order valence-corrected chi connectivity index (χ2v) is 19.8. The maximum atomic E-state index is 2.35. The molecule has 0 heterocycles. The van der Waals surface area contributed by atoms with Gasteiger partial charge in [0.15, 0.2) is 0 Å². The van der Waals surface area contributed by atoms with Gasteiger partial charge in [0, 0.05) is 19.0 Å². The van der Waals surface area contributed by atoms with Crippen molar-refractivity contribution in [2.75, 3.05) is 0 Å². The third-order valence-corrected chi connectivity index (χ3v) is 6.36. The second-order valence-electron chi connectivity index (χ2n) is 10.6. The molecule has 0 radical (unpaired) electrons. The zero-order chi connectivity index (χ0) is 15.4. The van der Waals surface area contributed by atoms with Gasteiger partial charge in [0.2, 0.25) is 0 Å². The average molecular weight is 289 g/mol. The molecular weight excluding hydrogens is 248 g/mol. The smallest absolute Gasteiger partial charge is 0.0320 e. The Hall–Kier alpha value is 0.434. The summed E-state index contributed by atoms with van der Waals surface area (Å²) in [4.78, 5) is 0. The SMILES string of the molecule is CC(C)(C)[SiH2]C(C)(C)C.CC(C)(C)[SiH2]C(C)(C)C. The molecule has 0 unspecified atom stereocenters. The summed E-state index contributed by atoms with van der Waals surface area (Å²) in [7, 11) is 0.176. The van der Waals surface area contributed by atoms with Crippen molar-refractivity contribution in [3.05, 3.63) is 0 Å². The van der Waals surface area contributed by atoms with Crippen LogP contribution in [0, 0.1) is 0 Å². The van der Waals surface area contributed by atoms with E-state index in [1.54, 1.807) is 0 Å². The van der Waals surface area contributed by atoms with Crippen LogP contribution in [0.4, 0.5) is 0 Å². The summed E-state index contributed by atoms with van der Waals surface area (Å²) in [5.74, 6) is 0. The summed E-state index contributed by atoms with van der Waals surface area (Å²) in [5.41, 5.74) is 0. The van der Waals surface area contributed by atoms with Gasteiger partial charge in [-0.25, -0.2) is 0 Å². The maximum absolute atomic E-state index is 2.35. The van der Waals surface area contributed by atoms with Crippen LogP contribution in [0.25, 0.3) is 0 Å². The highest BCUT2D eigenvalue weighted by molar-refractivity contribution is 6.43. The van der Waals surface area contributed by atoms with Crippen LogP contribution >= 0.6 is 0 Å². The van der Waals surface area contributed by atoms with Crippen LogP contribution in [0.3, 0.4) is 0 Å². The van der Waals surface area contributed by atoms with Crippen molar-refractivity contribution >= 4 is 19.0 Å². The Kier molecular flexibility index (Phi) is 7.77. The molecule has 0 fully saturated rings. The summed E-state index contributed by atoms with van der Waals surface area (Å²) >= 11 is 0. The molecule has 0 aliphatic heterocycles. The zero-order valence-electron chi connectivity index (χ0n) is 15.4. The molecule has 0 nitrogen and oxygen atoms in total. The Labute approximate surface area is 122 Å². The maximum Gasteiger partial charge on any atom is 0.0320 e. The molecule has 0 N–H and O–H groups in total. The lowest BCUT2D eigenvalue weighted by Gasteiger charge is -2.27. The molecule has 0 aromatic heterocycles. The molecule has 0 aliphatic carbocycles. The van der Waals surface area contributed by atoms with E-state index in [4.69, 9.17) is 0 Å². The van der Waals surface area contributed by atoms with Crippen molar-refractivity contribution < 1.29 is 0 Å². The van der Waals surface area contributed by atoms with Gasteiger partial charge >= 0.3 is 0 Å². The van der Waals surface area contributed by atoms with E-state index in [1.165, 1.54) is 0 Å². The minimum atomic E-state index is 0.0880. The third-order valence-electron chi connectivity index (χ3n) is 2.12. The summed E-state index contributed by atoms with van der Waals surface area (Å²) in [6.45, 7) is 28.2. The summed E-state index contributed by atoms with van der Waals surface area (Å²) in [5, 5.41) is 2.49. The molecule has 0 bridgehead atoms. The molecule has 0 aromatic carbocycles. The lowest BCUT2D eigenvalue weighted by Crippen LogP contribution is -2.18. The van der Waals surface area contributed by atoms with Crippen molar-refractivity contribution in [2.24, 2.45) is 0 Å². The molecule has 18 heavy (non-hydrogen) atoms. The predicted octanol–water partition coefficient (Wildman–Crippen LogP) is 5.18. The van der Waals surface area contributed by atoms with E-state index < -0.39 is 0 Å². The van der Waals surface area contributed by atoms with E-state index in [1.807, 2.05) is 0 Å². The minimum absolute atomic E-state index is 0.0880. The molecule has 2 heteroatoms. The van der Waals surface area contributed by atoms with Gasteiger partial charge in [-0.3, -0.25) is 0 Å². The van der Waals surface area contributed by atoms with E-state index in [0.717, 1.165) is 0 Å². The molecule has 0 saturated carbocycles. The van der Waals surface area contributed by atoms with Crippen LogP contribution in [0.5, 0.6) is 0 Å². The number of hydrogen-bond acceptors (Lipinski definition) is 0. The fourth-order valence-corrected chi connectivity index (χ4v) is 9.55. The van der Waals surface area contributed by atoms with Crippen molar-refractivity contribution in [1.29, 1.82) is 0 Å². The lowest BCUT2D eigenvalue weighted by atomic mass is 10.2. The van der Waals surface area contributed by atoms with Crippen LogP contribution in [0.2, 0.25) is 20.2 Å².